The van der Waals surface area contributed by atoms with Crippen LogP contribution in [0.4, 0.5) is 20.4 Å². The summed E-state index contributed by atoms with van der Waals surface area (Å²) < 4.78 is 28.9. The van der Waals surface area contributed by atoms with Crippen molar-refractivity contribution in [2.75, 3.05) is 24.7 Å². The second-order valence-corrected chi connectivity index (χ2v) is 10.7. The molecule has 1 fully saturated rings. The van der Waals surface area contributed by atoms with Gasteiger partial charge in [-0.25, -0.2) is 18.7 Å². The molecule has 1 heterocycles. The van der Waals surface area contributed by atoms with Gasteiger partial charge in [-0.1, -0.05) is 43.0 Å². The Hall–Kier alpha value is -4.28. The average molecular weight is 622 g/mol. The van der Waals surface area contributed by atoms with Crippen molar-refractivity contribution in [2.24, 2.45) is 5.73 Å². The maximum atomic E-state index is 14.6. The van der Waals surface area contributed by atoms with Crippen molar-refractivity contribution in [3.63, 3.8) is 0 Å². The second kappa shape index (κ2) is 18.5. The molecule has 0 aliphatic heterocycles. The third kappa shape index (κ3) is 9.36. The van der Waals surface area contributed by atoms with Gasteiger partial charge >= 0.3 is 0 Å². The largest absolute Gasteiger partial charge is 0.388 e. The van der Waals surface area contributed by atoms with Gasteiger partial charge in [0, 0.05) is 24.7 Å². The first-order chi connectivity index (χ1) is 21.8. The number of nitrogens with two attached hydrogens (primary N) is 1. The van der Waals surface area contributed by atoms with Crippen molar-refractivity contribution in [3.05, 3.63) is 82.5 Å². The van der Waals surface area contributed by atoms with Crippen molar-refractivity contribution in [2.45, 2.75) is 70.9 Å². The predicted octanol–water partition coefficient (Wildman–Crippen LogP) is 6.85. The van der Waals surface area contributed by atoms with E-state index in [0.29, 0.717) is 17.6 Å². The highest BCUT2D eigenvalue weighted by Gasteiger charge is 2.21. The van der Waals surface area contributed by atoms with Crippen LogP contribution < -0.4 is 16.4 Å². The summed E-state index contributed by atoms with van der Waals surface area (Å²) in [6.45, 7) is 8.21. The lowest BCUT2D eigenvalue weighted by molar-refractivity contribution is -0.0987. The molecule has 45 heavy (non-hydrogen) atoms. The van der Waals surface area contributed by atoms with Gasteiger partial charge in [-0.05, 0) is 93.1 Å². The molecule has 1 saturated carbocycles. The van der Waals surface area contributed by atoms with E-state index in [9.17, 15) is 13.9 Å². The summed E-state index contributed by atoms with van der Waals surface area (Å²) in [5, 5.41) is 16.5. The molecule has 1 unspecified atom stereocenters. The highest BCUT2D eigenvalue weighted by atomic mass is 19.1. The van der Waals surface area contributed by atoms with E-state index in [-0.39, 0.29) is 17.4 Å². The van der Waals surface area contributed by atoms with Gasteiger partial charge in [0.1, 0.15) is 19.4 Å². The Balaban J connectivity index is 0.000000327. The number of anilines is 2. The number of carbonyl (C=O) groups is 2. The fraction of sp³-hybridized carbons (Fsp3) is 0.371. The number of hydrogen-bond acceptors (Lipinski definition) is 8. The summed E-state index contributed by atoms with van der Waals surface area (Å²) >= 11 is 0. The summed E-state index contributed by atoms with van der Waals surface area (Å²) in [7, 11) is 3.11. The quantitative estimate of drug-likeness (QED) is 0.195. The molecule has 0 saturated heterocycles. The van der Waals surface area contributed by atoms with Crippen LogP contribution in [0.3, 0.4) is 0 Å². The average Bonchev–Trinajstić information content (AvgIpc) is 3.45. The maximum Gasteiger partial charge on any atom is 0.223 e. The molecule has 0 bridgehead atoms. The third-order valence-corrected chi connectivity index (χ3v) is 7.85. The van der Waals surface area contributed by atoms with Crippen molar-refractivity contribution in [3.8, 4) is 11.1 Å². The van der Waals surface area contributed by atoms with E-state index in [0.717, 1.165) is 42.1 Å². The van der Waals surface area contributed by atoms with Crippen LogP contribution in [0, 0.1) is 25.5 Å². The minimum absolute atomic E-state index is 0.0480. The number of aliphatic hydroxyl groups is 1. The standard InChI is InChI=1S/C21H22F2N4.C11H14O.CH5N.2CH2O/c1-24-18-10-8-16(22)19(20(18)23)13-7-9-17-14(11-13)12-25-21(27-17)26-15-5-3-2-4-6-15;1-7-5-8(2)9-3-4-11(12)10(9)6-7;3*1-2/h7-12,15,24H,2-6H2,1H3,(H,25,26,27);5-6,11-12H,3-4H2,1-2H3;2H2,1H3;2*1H2. The molecule has 1 atom stereocenters. The van der Waals surface area contributed by atoms with Gasteiger partial charge in [-0.15, -0.1) is 0 Å². The summed E-state index contributed by atoms with van der Waals surface area (Å²) in [5.41, 5.74) is 11.0. The molecule has 8 nitrogen and oxygen atoms in total. The highest BCUT2D eigenvalue weighted by molar-refractivity contribution is 5.85. The number of nitrogens with zero attached hydrogens (tertiary/aromatic N) is 2. The van der Waals surface area contributed by atoms with Crippen molar-refractivity contribution < 1.29 is 23.5 Å². The topological polar surface area (TPSA) is 130 Å². The minimum atomic E-state index is -0.603. The Labute approximate surface area is 264 Å². The zero-order valence-corrected chi connectivity index (χ0v) is 26.6. The van der Waals surface area contributed by atoms with E-state index in [1.54, 1.807) is 31.4 Å². The first-order valence-corrected chi connectivity index (χ1v) is 15.0. The molecule has 4 aromatic rings. The van der Waals surface area contributed by atoms with Gasteiger partial charge in [-0.3, -0.25) is 0 Å². The Bertz CT molecular complexity index is 1530. The van der Waals surface area contributed by atoms with Crippen LogP contribution in [0.15, 0.2) is 48.7 Å². The van der Waals surface area contributed by atoms with E-state index < -0.39 is 11.6 Å². The summed E-state index contributed by atoms with van der Waals surface area (Å²) in [6, 6.07) is 12.6. The number of fused-ring (bicyclic) bond motifs is 2. The van der Waals surface area contributed by atoms with E-state index >= 15 is 0 Å². The van der Waals surface area contributed by atoms with E-state index in [4.69, 9.17) is 9.59 Å². The maximum absolute atomic E-state index is 14.6. The number of aryl methyl sites for hydroxylation is 2. The Morgan fingerprint density at radius 2 is 1.62 bits per heavy atom. The normalized spacial score (nSPS) is 15.0. The SMILES string of the molecule is C=O.C=O.CN.CNc1ccc(F)c(-c2ccc3nc(NC4CCCCC4)ncc3c2)c1F.Cc1cc(C)c2c(c1)C(O)CC2. The Morgan fingerprint density at radius 3 is 2.29 bits per heavy atom. The van der Waals surface area contributed by atoms with Crippen LogP contribution in [-0.4, -0.2) is 48.8 Å². The van der Waals surface area contributed by atoms with Crippen molar-refractivity contribution in [1.29, 1.82) is 0 Å². The zero-order chi connectivity index (χ0) is 33.5. The predicted molar refractivity (Wildman–Crippen MR) is 178 cm³/mol. The van der Waals surface area contributed by atoms with E-state index in [1.807, 2.05) is 13.6 Å². The van der Waals surface area contributed by atoms with Crippen LogP contribution in [0.1, 0.15) is 66.9 Å². The molecule has 0 amide bonds. The van der Waals surface area contributed by atoms with Gasteiger partial charge in [-0.2, -0.15) is 0 Å². The smallest absolute Gasteiger partial charge is 0.223 e. The fourth-order valence-corrected chi connectivity index (χ4v) is 5.80. The second-order valence-electron chi connectivity index (χ2n) is 10.7. The number of nitrogens with one attached hydrogen (secondary N) is 2. The first kappa shape index (κ1) is 36.9. The molecule has 5 N–H and O–H groups in total. The molecule has 242 valence electrons. The molecule has 0 radical (unpaired) electrons. The van der Waals surface area contributed by atoms with Crippen LogP contribution in [0.5, 0.6) is 0 Å². The number of aromatic nitrogens is 2. The lowest BCUT2D eigenvalue weighted by Gasteiger charge is -2.22. The van der Waals surface area contributed by atoms with E-state index in [2.05, 4.69) is 52.3 Å². The van der Waals surface area contributed by atoms with Gasteiger partial charge in [0.2, 0.25) is 5.95 Å². The molecule has 3 aromatic carbocycles. The molecule has 6 rings (SSSR count). The van der Waals surface area contributed by atoms with Crippen LogP contribution in [0.25, 0.3) is 22.0 Å². The number of rotatable bonds is 4. The lowest BCUT2D eigenvalue weighted by atomic mass is 9.96. The summed E-state index contributed by atoms with van der Waals surface area (Å²) in [4.78, 5) is 25.0. The lowest BCUT2D eigenvalue weighted by Crippen LogP contribution is -2.23. The van der Waals surface area contributed by atoms with Gasteiger partial charge in [0.05, 0.1) is 22.9 Å². The Kier molecular flexibility index (Phi) is 15.2. The Morgan fingerprint density at radius 1 is 0.933 bits per heavy atom. The molecule has 10 heteroatoms. The summed E-state index contributed by atoms with van der Waals surface area (Å²) in [6.07, 6.45) is 9.48. The van der Waals surface area contributed by atoms with Crippen molar-refractivity contribution >= 4 is 36.1 Å². The molecule has 1 aromatic heterocycles. The molecule has 0 spiro atoms. The molecular weight excluding hydrogens is 576 g/mol. The minimum Gasteiger partial charge on any atom is -0.388 e. The number of hydrogen-bond donors (Lipinski definition) is 4. The van der Waals surface area contributed by atoms with Gasteiger partial charge in [0.25, 0.3) is 0 Å². The van der Waals surface area contributed by atoms with E-state index in [1.165, 1.54) is 55.1 Å². The molecule has 2 aliphatic rings. The van der Waals surface area contributed by atoms with Gasteiger partial charge in [0.15, 0.2) is 5.82 Å². The third-order valence-electron chi connectivity index (χ3n) is 7.85. The van der Waals surface area contributed by atoms with Crippen molar-refractivity contribution in [1.82, 2.24) is 9.97 Å². The number of halogens is 2. The number of carbonyl (C=O) groups excluding carboxylic acids is 2. The number of benzene rings is 3. The van der Waals surface area contributed by atoms with Crippen LogP contribution in [-0.2, 0) is 16.0 Å². The monoisotopic (exact) mass is 621 g/mol. The van der Waals surface area contributed by atoms with Crippen LogP contribution >= 0.6 is 0 Å². The number of aliphatic hydroxyl groups excluding tert-OH is 1. The highest BCUT2D eigenvalue weighted by Crippen LogP contribution is 2.34. The van der Waals surface area contributed by atoms with Gasteiger partial charge < -0.3 is 31.1 Å². The summed E-state index contributed by atoms with van der Waals surface area (Å²) in [5.74, 6) is -0.590. The molecular formula is C35H45F2N5O3. The fourth-order valence-electron chi connectivity index (χ4n) is 5.80. The first-order valence-electron chi connectivity index (χ1n) is 15.0. The van der Waals surface area contributed by atoms with Crippen LogP contribution in [0.2, 0.25) is 0 Å². The molecule has 2 aliphatic carbocycles. The zero-order valence-electron chi connectivity index (χ0n) is 26.6.